The average molecular weight is 227 g/mol. The van der Waals surface area contributed by atoms with Crippen LogP contribution < -0.4 is 5.73 Å². The van der Waals surface area contributed by atoms with Gasteiger partial charge in [-0.25, -0.2) is 0 Å². The van der Waals surface area contributed by atoms with E-state index in [1.54, 1.807) is 0 Å². The topological polar surface area (TPSA) is 69.8 Å². The number of rotatable bonds is 3. The van der Waals surface area contributed by atoms with Gasteiger partial charge in [0.2, 0.25) is 5.91 Å². The van der Waals surface area contributed by atoms with Crippen LogP contribution in [-0.2, 0) is 4.79 Å². The first-order chi connectivity index (χ1) is 7.65. The van der Waals surface area contributed by atoms with E-state index in [4.69, 9.17) is 10.8 Å². The summed E-state index contributed by atoms with van der Waals surface area (Å²) in [6.45, 7) is 4.26. The number of nitrogens with two attached hydrogens (primary N) is 1. The van der Waals surface area contributed by atoms with Crippen molar-refractivity contribution in [3.05, 3.63) is 0 Å². The van der Waals surface area contributed by atoms with Crippen LogP contribution in [0.2, 0.25) is 0 Å². The highest BCUT2D eigenvalue weighted by atomic mass is 16.3. The largest absolute Gasteiger partial charge is 0.395 e. The summed E-state index contributed by atoms with van der Waals surface area (Å²) in [6, 6.07) is 0. The number of hydrogen-bond donors (Lipinski definition) is 2. The van der Waals surface area contributed by atoms with Crippen molar-refractivity contribution in [1.29, 1.82) is 0 Å². The van der Waals surface area contributed by atoms with Crippen LogP contribution in [0.25, 0.3) is 0 Å². The molecule has 1 aliphatic heterocycles. The Labute approximate surface area is 96.2 Å². The first-order valence-corrected chi connectivity index (χ1v) is 6.07. The quantitative estimate of drug-likeness (QED) is 0.649. The molecule has 1 saturated heterocycles. The van der Waals surface area contributed by atoms with Crippen molar-refractivity contribution in [1.82, 2.24) is 9.80 Å². The van der Waals surface area contributed by atoms with Crippen molar-refractivity contribution in [2.24, 2.45) is 5.73 Å². The van der Waals surface area contributed by atoms with E-state index in [0.717, 1.165) is 45.4 Å². The van der Waals surface area contributed by atoms with Crippen molar-refractivity contribution >= 4 is 5.91 Å². The van der Waals surface area contributed by atoms with Gasteiger partial charge in [0.1, 0.15) is 0 Å². The van der Waals surface area contributed by atoms with Gasteiger partial charge in [0, 0.05) is 26.2 Å². The first-order valence-electron chi connectivity index (χ1n) is 6.07. The normalized spacial score (nSPS) is 25.2. The maximum Gasteiger partial charge on any atom is 0.242 e. The molecule has 3 N–H and O–H groups in total. The third-order valence-corrected chi connectivity index (χ3v) is 3.51. The number of carbonyl (C=O) groups excluding carboxylic acids is 1. The van der Waals surface area contributed by atoms with E-state index in [0.29, 0.717) is 6.54 Å². The molecule has 1 heterocycles. The molecule has 0 aromatic rings. The van der Waals surface area contributed by atoms with Crippen molar-refractivity contribution in [3.63, 3.8) is 0 Å². The van der Waals surface area contributed by atoms with Crippen LogP contribution in [0.1, 0.15) is 19.3 Å². The minimum atomic E-state index is -0.536. The lowest BCUT2D eigenvalue weighted by Crippen LogP contribution is -2.47. The van der Waals surface area contributed by atoms with Crippen LogP contribution in [0.15, 0.2) is 0 Å². The fourth-order valence-corrected chi connectivity index (χ4v) is 2.20. The van der Waals surface area contributed by atoms with Gasteiger partial charge in [0.05, 0.1) is 12.1 Å². The average Bonchev–Trinajstić information content (AvgIpc) is 3.03. The predicted molar refractivity (Wildman–Crippen MR) is 60.9 cm³/mol. The molecule has 0 radical (unpaired) electrons. The highest BCUT2D eigenvalue weighted by Crippen LogP contribution is 2.34. The Balaban J connectivity index is 1.86. The van der Waals surface area contributed by atoms with Gasteiger partial charge in [-0.2, -0.15) is 0 Å². The van der Waals surface area contributed by atoms with Crippen LogP contribution >= 0.6 is 0 Å². The molecule has 2 aliphatic rings. The molecule has 2 rings (SSSR count). The van der Waals surface area contributed by atoms with Gasteiger partial charge in [0.25, 0.3) is 0 Å². The molecular formula is C11H21N3O2. The highest BCUT2D eigenvalue weighted by molar-refractivity contribution is 5.89. The second-order valence-corrected chi connectivity index (χ2v) is 4.87. The van der Waals surface area contributed by atoms with Gasteiger partial charge in [-0.1, -0.05) is 0 Å². The van der Waals surface area contributed by atoms with Gasteiger partial charge in [-0.05, 0) is 25.8 Å². The Hall–Kier alpha value is -0.650. The van der Waals surface area contributed by atoms with Gasteiger partial charge < -0.3 is 15.7 Å². The van der Waals surface area contributed by atoms with E-state index in [1.165, 1.54) is 0 Å². The third kappa shape index (κ3) is 2.53. The minimum Gasteiger partial charge on any atom is -0.395 e. The van der Waals surface area contributed by atoms with Gasteiger partial charge in [-0.15, -0.1) is 0 Å². The fraction of sp³-hybridized carbons (Fsp3) is 0.909. The molecule has 0 bridgehead atoms. The van der Waals surface area contributed by atoms with E-state index in [9.17, 15) is 4.79 Å². The summed E-state index contributed by atoms with van der Waals surface area (Å²) in [4.78, 5) is 16.1. The SMILES string of the molecule is NC1(C(=O)N2CCCN(CCO)CC2)CC1. The molecule has 0 spiro atoms. The molecule has 0 atom stereocenters. The summed E-state index contributed by atoms with van der Waals surface area (Å²) in [7, 11) is 0. The first kappa shape index (κ1) is 11.8. The molecule has 0 aromatic carbocycles. The van der Waals surface area contributed by atoms with Gasteiger partial charge in [-0.3, -0.25) is 9.69 Å². The third-order valence-electron chi connectivity index (χ3n) is 3.51. The Morgan fingerprint density at radius 1 is 1.25 bits per heavy atom. The second kappa shape index (κ2) is 4.69. The minimum absolute atomic E-state index is 0.123. The molecule has 1 saturated carbocycles. The molecule has 1 amide bonds. The van der Waals surface area contributed by atoms with Crippen LogP contribution in [0.5, 0.6) is 0 Å². The molecule has 5 nitrogen and oxygen atoms in total. The number of amides is 1. The number of aliphatic hydroxyl groups excluding tert-OH is 1. The van der Waals surface area contributed by atoms with E-state index in [2.05, 4.69) is 4.90 Å². The highest BCUT2D eigenvalue weighted by Gasteiger charge is 2.48. The molecule has 0 unspecified atom stereocenters. The van der Waals surface area contributed by atoms with E-state index in [1.807, 2.05) is 4.90 Å². The van der Waals surface area contributed by atoms with Gasteiger partial charge >= 0.3 is 0 Å². The summed E-state index contributed by atoms with van der Waals surface area (Å²) in [6.07, 6.45) is 2.65. The standard InChI is InChI=1S/C11H21N3O2/c12-11(2-3-11)10(16)14-5-1-4-13(6-7-14)8-9-15/h15H,1-9,12H2. The zero-order valence-corrected chi connectivity index (χ0v) is 9.69. The summed E-state index contributed by atoms with van der Waals surface area (Å²) in [5.74, 6) is 0.123. The number of carbonyl (C=O) groups is 1. The summed E-state index contributed by atoms with van der Waals surface area (Å²) < 4.78 is 0. The molecule has 0 aromatic heterocycles. The predicted octanol–water partition coefficient (Wildman–Crippen LogP) is -0.996. The Morgan fingerprint density at radius 2 is 2.00 bits per heavy atom. The monoisotopic (exact) mass is 227 g/mol. The molecule has 1 aliphatic carbocycles. The zero-order chi connectivity index (χ0) is 11.6. The summed E-state index contributed by atoms with van der Waals surface area (Å²) in [5, 5.41) is 8.88. The summed E-state index contributed by atoms with van der Waals surface area (Å²) in [5.41, 5.74) is 5.38. The maximum absolute atomic E-state index is 12.0. The smallest absolute Gasteiger partial charge is 0.242 e. The molecule has 5 heteroatoms. The molecule has 92 valence electrons. The van der Waals surface area contributed by atoms with E-state index < -0.39 is 5.54 Å². The Morgan fingerprint density at radius 3 is 2.62 bits per heavy atom. The Bertz CT molecular complexity index is 266. The molecule has 16 heavy (non-hydrogen) atoms. The lowest BCUT2D eigenvalue weighted by molar-refractivity contribution is -0.133. The van der Waals surface area contributed by atoms with E-state index >= 15 is 0 Å². The maximum atomic E-state index is 12.0. The summed E-state index contributed by atoms with van der Waals surface area (Å²) >= 11 is 0. The van der Waals surface area contributed by atoms with Crippen molar-refractivity contribution in [2.75, 3.05) is 39.3 Å². The number of hydrogen-bond acceptors (Lipinski definition) is 4. The second-order valence-electron chi connectivity index (χ2n) is 4.87. The van der Waals surface area contributed by atoms with Crippen molar-refractivity contribution in [2.45, 2.75) is 24.8 Å². The number of β-amino-alcohol motifs (C(OH)–C–C–N with tert-alkyl or cyclic N) is 1. The number of nitrogens with zero attached hydrogens (tertiary/aromatic N) is 2. The fourth-order valence-electron chi connectivity index (χ4n) is 2.20. The molecule has 2 fully saturated rings. The van der Waals surface area contributed by atoms with Crippen molar-refractivity contribution < 1.29 is 9.90 Å². The lowest BCUT2D eigenvalue weighted by Gasteiger charge is -2.24. The van der Waals surface area contributed by atoms with Gasteiger partial charge in [0.15, 0.2) is 0 Å². The van der Waals surface area contributed by atoms with Crippen molar-refractivity contribution in [3.8, 4) is 0 Å². The lowest BCUT2D eigenvalue weighted by atomic mass is 10.2. The number of aliphatic hydroxyl groups is 1. The van der Waals surface area contributed by atoms with Crippen LogP contribution in [0.3, 0.4) is 0 Å². The van der Waals surface area contributed by atoms with Crippen LogP contribution in [0, 0.1) is 0 Å². The van der Waals surface area contributed by atoms with E-state index in [-0.39, 0.29) is 12.5 Å². The van der Waals surface area contributed by atoms with Crippen LogP contribution in [0.4, 0.5) is 0 Å². The van der Waals surface area contributed by atoms with Crippen LogP contribution in [-0.4, -0.2) is 65.7 Å². The zero-order valence-electron chi connectivity index (χ0n) is 9.69. The molecular weight excluding hydrogens is 206 g/mol. The Kier molecular flexibility index (Phi) is 3.47.